The highest BCUT2D eigenvalue weighted by atomic mass is 32.2. The first-order valence-electron chi connectivity index (χ1n) is 9.91. The number of nitrogens with zero attached hydrogens (tertiary/aromatic N) is 5. The van der Waals surface area contributed by atoms with Crippen molar-refractivity contribution in [3.05, 3.63) is 36.4 Å². The molecule has 3 heterocycles. The molecule has 1 N–H and O–H groups in total. The monoisotopic (exact) mass is 414 g/mol. The van der Waals surface area contributed by atoms with Gasteiger partial charge in [-0.1, -0.05) is 12.5 Å². The van der Waals surface area contributed by atoms with Crippen LogP contribution in [0.4, 0.5) is 5.82 Å². The van der Waals surface area contributed by atoms with E-state index >= 15 is 0 Å². The van der Waals surface area contributed by atoms with Crippen molar-refractivity contribution in [2.45, 2.75) is 26.2 Å². The molecule has 3 aromatic rings. The van der Waals surface area contributed by atoms with Crippen molar-refractivity contribution in [3.63, 3.8) is 0 Å². The number of sulfonamides is 1. The maximum Gasteiger partial charge on any atom is 0.215 e. The van der Waals surface area contributed by atoms with Gasteiger partial charge in [-0.2, -0.15) is 0 Å². The molecule has 0 aliphatic carbocycles. The normalized spacial score (nSPS) is 15.7. The van der Waals surface area contributed by atoms with Crippen LogP contribution in [0, 0.1) is 6.92 Å². The quantitative estimate of drug-likeness (QED) is 0.666. The third-order valence-electron chi connectivity index (χ3n) is 5.23. The van der Waals surface area contributed by atoms with Gasteiger partial charge in [0.15, 0.2) is 0 Å². The van der Waals surface area contributed by atoms with E-state index in [4.69, 9.17) is 0 Å². The van der Waals surface area contributed by atoms with Crippen LogP contribution in [0.3, 0.4) is 0 Å². The summed E-state index contributed by atoms with van der Waals surface area (Å²) in [7, 11) is -1.27. The van der Waals surface area contributed by atoms with Gasteiger partial charge in [-0.15, -0.1) is 0 Å². The number of imidazole rings is 1. The van der Waals surface area contributed by atoms with Gasteiger partial charge in [-0.25, -0.2) is 27.7 Å². The molecule has 9 heteroatoms. The van der Waals surface area contributed by atoms with Crippen molar-refractivity contribution in [2.24, 2.45) is 7.05 Å². The van der Waals surface area contributed by atoms with Crippen LogP contribution in [0.25, 0.3) is 22.3 Å². The van der Waals surface area contributed by atoms with Crippen LogP contribution in [0.15, 0.2) is 30.6 Å². The van der Waals surface area contributed by atoms with Gasteiger partial charge in [0.25, 0.3) is 0 Å². The van der Waals surface area contributed by atoms with E-state index < -0.39 is 10.0 Å². The van der Waals surface area contributed by atoms with Crippen molar-refractivity contribution in [3.8, 4) is 11.3 Å². The Balaban J connectivity index is 1.48. The maximum absolute atomic E-state index is 12.5. The minimum Gasteiger partial charge on any atom is -0.369 e. The van der Waals surface area contributed by atoms with Gasteiger partial charge in [0.2, 0.25) is 10.0 Å². The van der Waals surface area contributed by atoms with Crippen LogP contribution < -0.4 is 5.32 Å². The Bertz CT molecular complexity index is 1120. The molecule has 4 rings (SSSR count). The van der Waals surface area contributed by atoms with E-state index in [0.717, 1.165) is 41.6 Å². The van der Waals surface area contributed by atoms with E-state index in [9.17, 15) is 8.42 Å². The highest BCUT2D eigenvalue weighted by Crippen LogP contribution is 2.24. The summed E-state index contributed by atoms with van der Waals surface area (Å²) in [5, 5.41) is 3.16. The Labute approximate surface area is 171 Å². The first-order chi connectivity index (χ1) is 13.9. The number of aryl methyl sites for hydroxylation is 2. The van der Waals surface area contributed by atoms with Gasteiger partial charge in [0, 0.05) is 38.3 Å². The summed E-state index contributed by atoms with van der Waals surface area (Å²) in [4.78, 5) is 13.3. The maximum atomic E-state index is 12.5. The van der Waals surface area contributed by atoms with Crippen LogP contribution in [-0.4, -0.2) is 57.6 Å². The first kappa shape index (κ1) is 19.8. The van der Waals surface area contributed by atoms with Gasteiger partial charge in [0.1, 0.15) is 11.6 Å². The predicted molar refractivity (Wildman–Crippen MR) is 114 cm³/mol. The van der Waals surface area contributed by atoms with E-state index in [0.29, 0.717) is 31.3 Å². The average molecular weight is 415 g/mol. The van der Waals surface area contributed by atoms with E-state index in [1.165, 1.54) is 0 Å². The second kappa shape index (κ2) is 8.08. The van der Waals surface area contributed by atoms with E-state index in [2.05, 4.69) is 20.3 Å². The molecule has 0 radical (unpaired) electrons. The van der Waals surface area contributed by atoms with Gasteiger partial charge in [-0.3, -0.25) is 0 Å². The van der Waals surface area contributed by atoms with Gasteiger partial charge in [0.05, 0.1) is 28.8 Å². The number of piperidine rings is 1. The third-order valence-corrected chi connectivity index (χ3v) is 7.11. The number of hydrogen-bond donors (Lipinski definition) is 1. The number of nitrogens with one attached hydrogen (secondary N) is 1. The molecule has 1 aliphatic rings. The number of benzene rings is 1. The SMILES string of the molecule is Cc1nc(NCCS(=O)(=O)N2CCCCC2)cc(-c2ccc3c(c2)ncn3C)n1. The summed E-state index contributed by atoms with van der Waals surface area (Å²) < 4.78 is 28.6. The summed E-state index contributed by atoms with van der Waals surface area (Å²) in [6.45, 7) is 3.41. The number of fused-ring (bicyclic) bond motifs is 1. The van der Waals surface area contributed by atoms with Crippen molar-refractivity contribution in [1.82, 2.24) is 23.8 Å². The molecule has 0 amide bonds. The smallest absolute Gasteiger partial charge is 0.215 e. The van der Waals surface area contributed by atoms with Gasteiger partial charge >= 0.3 is 0 Å². The van der Waals surface area contributed by atoms with Crippen LogP contribution in [0.1, 0.15) is 25.1 Å². The van der Waals surface area contributed by atoms with Crippen molar-refractivity contribution >= 4 is 26.9 Å². The Morgan fingerprint density at radius 2 is 1.90 bits per heavy atom. The standard InChI is InChI=1S/C20H26N6O2S/c1-15-23-17(16-6-7-19-18(12-16)22-14-25(19)2)13-20(24-15)21-8-11-29(27,28)26-9-4-3-5-10-26/h6-7,12-14H,3-5,8-11H2,1-2H3,(H,21,23,24). The Morgan fingerprint density at radius 3 is 2.69 bits per heavy atom. The van der Waals surface area contributed by atoms with E-state index in [1.807, 2.05) is 42.8 Å². The lowest BCUT2D eigenvalue weighted by Crippen LogP contribution is -2.38. The zero-order valence-electron chi connectivity index (χ0n) is 16.8. The van der Waals surface area contributed by atoms with Crippen LogP contribution >= 0.6 is 0 Å². The minimum atomic E-state index is -3.23. The topological polar surface area (TPSA) is 93.0 Å². The van der Waals surface area contributed by atoms with E-state index in [1.54, 1.807) is 10.6 Å². The van der Waals surface area contributed by atoms with Crippen molar-refractivity contribution in [2.75, 3.05) is 30.7 Å². The van der Waals surface area contributed by atoms with Crippen LogP contribution in [0.5, 0.6) is 0 Å². The predicted octanol–water partition coefficient (Wildman–Crippen LogP) is 2.57. The Morgan fingerprint density at radius 1 is 1.10 bits per heavy atom. The summed E-state index contributed by atoms with van der Waals surface area (Å²) in [6, 6.07) is 7.89. The minimum absolute atomic E-state index is 0.0608. The summed E-state index contributed by atoms with van der Waals surface area (Å²) in [5.74, 6) is 1.32. The number of hydrogen-bond acceptors (Lipinski definition) is 6. The molecule has 8 nitrogen and oxygen atoms in total. The summed E-state index contributed by atoms with van der Waals surface area (Å²) >= 11 is 0. The van der Waals surface area contributed by atoms with Gasteiger partial charge in [-0.05, 0) is 31.9 Å². The number of aromatic nitrogens is 4. The zero-order chi connectivity index (χ0) is 20.4. The zero-order valence-corrected chi connectivity index (χ0v) is 17.6. The molecule has 1 fully saturated rings. The fourth-order valence-corrected chi connectivity index (χ4v) is 5.11. The average Bonchev–Trinajstić information content (AvgIpc) is 3.08. The molecule has 1 saturated heterocycles. The molecular weight excluding hydrogens is 388 g/mol. The highest BCUT2D eigenvalue weighted by Gasteiger charge is 2.23. The lowest BCUT2D eigenvalue weighted by Gasteiger charge is -2.25. The lowest BCUT2D eigenvalue weighted by atomic mass is 10.1. The van der Waals surface area contributed by atoms with Crippen molar-refractivity contribution in [1.29, 1.82) is 0 Å². The van der Waals surface area contributed by atoms with Crippen LogP contribution in [-0.2, 0) is 17.1 Å². The second-order valence-electron chi connectivity index (χ2n) is 7.45. The van der Waals surface area contributed by atoms with E-state index in [-0.39, 0.29) is 5.75 Å². The molecule has 154 valence electrons. The largest absolute Gasteiger partial charge is 0.369 e. The van der Waals surface area contributed by atoms with Crippen LogP contribution in [0.2, 0.25) is 0 Å². The molecule has 29 heavy (non-hydrogen) atoms. The molecular formula is C20H26N6O2S. The third kappa shape index (κ3) is 4.40. The van der Waals surface area contributed by atoms with Crippen molar-refractivity contribution < 1.29 is 8.42 Å². The molecule has 0 saturated carbocycles. The highest BCUT2D eigenvalue weighted by molar-refractivity contribution is 7.89. The molecule has 1 aliphatic heterocycles. The summed E-state index contributed by atoms with van der Waals surface area (Å²) in [6.07, 6.45) is 4.79. The number of rotatable bonds is 6. The Kier molecular flexibility index (Phi) is 5.51. The fraction of sp³-hybridized carbons (Fsp3) is 0.450. The molecule has 0 atom stereocenters. The Hall–Kier alpha value is -2.52. The molecule has 0 spiro atoms. The molecule has 0 bridgehead atoms. The molecule has 1 aromatic carbocycles. The van der Waals surface area contributed by atoms with Gasteiger partial charge < -0.3 is 9.88 Å². The fourth-order valence-electron chi connectivity index (χ4n) is 3.68. The second-order valence-corrected chi connectivity index (χ2v) is 9.54. The lowest BCUT2D eigenvalue weighted by molar-refractivity contribution is 0.347. The molecule has 0 unspecified atom stereocenters. The molecule has 2 aromatic heterocycles. The summed E-state index contributed by atoms with van der Waals surface area (Å²) in [5.41, 5.74) is 3.70. The number of anilines is 1. The first-order valence-corrected chi connectivity index (χ1v) is 11.5.